The van der Waals surface area contributed by atoms with E-state index in [9.17, 15) is 0 Å². The van der Waals surface area contributed by atoms with Crippen molar-refractivity contribution in [2.24, 2.45) is 11.1 Å². The molecule has 98 valence electrons. The van der Waals surface area contributed by atoms with E-state index in [1.54, 1.807) is 0 Å². The first-order valence-electron chi connectivity index (χ1n) is 6.22. The van der Waals surface area contributed by atoms with Crippen LogP contribution >= 0.6 is 0 Å². The van der Waals surface area contributed by atoms with Gasteiger partial charge in [0, 0.05) is 6.54 Å². The molecule has 2 aromatic heterocycles. The molecule has 0 radical (unpaired) electrons. The van der Waals surface area contributed by atoms with Gasteiger partial charge in [0.1, 0.15) is 5.82 Å². The zero-order chi connectivity index (χ0) is 13.0. The lowest BCUT2D eigenvalue weighted by atomic mass is 9.82. The van der Waals surface area contributed by atoms with Gasteiger partial charge in [-0.2, -0.15) is 0 Å². The van der Waals surface area contributed by atoms with Crippen LogP contribution in [-0.4, -0.2) is 38.3 Å². The molecule has 18 heavy (non-hydrogen) atoms. The first kappa shape index (κ1) is 12.7. The van der Waals surface area contributed by atoms with Gasteiger partial charge in [-0.1, -0.05) is 13.8 Å². The van der Waals surface area contributed by atoms with Gasteiger partial charge in [-0.05, 0) is 47.4 Å². The third-order valence-electron chi connectivity index (χ3n) is 3.65. The second-order valence-electron chi connectivity index (χ2n) is 4.51. The van der Waals surface area contributed by atoms with E-state index in [4.69, 9.17) is 5.73 Å². The van der Waals surface area contributed by atoms with Crippen molar-refractivity contribution in [2.45, 2.75) is 26.7 Å². The van der Waals surface area contributed by atoms with Crippen molar-refractivity contribution < 1.29 is 0 Å². The highest BCUT2D eigenvalue weighted by Crippen LogP contribution is 2.24. The number of hydrogen-bond donors (Lipinski definition) is 2. The Kier molecular flexibility index (Phi) is 3.71. The van der Waals surface area contributed by atoms with Gasteiger partial charge in [-0.15, -0.1) is 14.8 Å². The van der Waals surface area contributed by atoms with Gasteiger partial charge >= 0.3 is 0 Å². The number of nitrogens with one attached hydrogen (secondary N) is 1. The lowest BCUT2D eigenvalue weighted by Crippen LogP contribution is -2.36. The third-order valence-corrected chi connectivity index (χ3v) is 3.65. The topological polar surface area (TPSA) is 94.0 Å². The van der Waals surface area contributed by atoms with Crippen LogP contribution in [0.5, 0.6) is 0 Å². The van der Waals surface area contributed by atoms with E-state index >= 15 is 0 Å². The molecule has 7 heteroatoms. The summed E-state index contributed by atoms with van der Waals surface area (Å²) in [6.07, 6.45) is 2.08. The zero-order valence-electron chi connectivity index (χ0n) is 10.8. The van der Waals surface area contributed by atoms with Gasteiger partial charge in [0.25, 0.3) is 0 Å². The van der Waals surface area contributed by atoms with Gasteiger partial charge in [-0.25, -0.2) is 0 Å². The molecule has 0 fully saturated rings. The molecule has 0 spiro atoms. The molecule has 0 atom stereocenters. The van der Waals surface area contributed by atoms with Crippen molar-refractivity contribution in [3.63, 3.8) is 0 Å². The summed E-state index contributed by atoms with van der Waals surface area (Å²) in [5.41, 5.74) is 6.63. The summed E-state index contributed by atoms with van der Waals surface area (Å²) >= 11 is 0. The van der Waals surface area contributed by atoms with Crippen LogP contribution in [0.15, 0.2) is 12.1 Å². The van der Waals surface area contributed by atoms with E-state index in [1.165, 1.54) is 4.63 Å². The molecular weight excluding hydrogens is 230 g/mol. The molecule has 7 nitrogen and oxygen atoms in total. The van der Waals surface area contributed by atoms with E-state index in [1.807, 2.05) is 12.1 Å². The molecule has 0 amide bonds. The maximum atomic E-state index is 5.87. The summed E-state index contributed by atoms with van der Waals surface area (Å²) in [6, 6.07) is 3.70. The number of nitrogens with zero attached hydrogens (tertiary/aromatic N) is 5. The average Bonchev–Trinajstić information content (AvgIpc) is 2.88. The van der Waals surface area contributed by atoms with E-state index in [0.717, 1.165) is 25.2 Å². The first-order valence-corrected chi connectivity index (χ1v) is 6.22. The van der Waals surface area contributed by atoms with Gasteiger partial charge in [-0.3, -0.25) is 0 Å². The summed E-state index contributed by atoms with van der Waals surface area (Å²) < 4.78 is 1.41. The van der Waals surface area contributed by atoms with Gasteiger partial charge in [0.15, 0.2) is 5.65 Å². The maximum absolute atomic E-state index is 5.87. The number of rotatable bonds is 6. The Morgan fingerprint density at radius 3 is 2.78 bits per heavy atom. The molecule has 0 aliphatic carbocycles. The van der Waals surface area contributed by atoms with Crippen LogP contribution in [0.1, 0.15) is 26.7 Å². The molecule has 2 rings (SSSR count). The highest BCUT2D eigenvalue weighted by molar-refractivity contribution is 5.42. The quantitative estimate of drug-likeness (QED) is 0.782. The number of nitrogens with two attached hydrogens (primary N) is 1. The lowest BCUT2D eigenvalue weighted by molar-refractivity contribution is 0.294. The fourth-order valence-corrected chi connectivity index (χ4v) is 1.88. The number of tetrazole rings is 1. The third kappa shape index (κ3) is 2.40. The minimum absolute atomic E-state index is 0.122. The summed E-state index contributed by atoms with van der Waals surface area (Å²) in [7, 11) is 0. The molecule has 0 aliphatic heterocycles. The van der Waals surface area contributed by atoms with Crippen molar-refractivity contribution in [2.75, 3.05) is 18.4 Å². The molecule has 0 aliphatic rings. The molecule has 0 aromatic carbocycles. The highest BCUT2D eigenvalue weighted by Gasteiger charge is 2.24. The van der Waals surface area contributed by atoms with Crippen LogP contribution in [-0.2, 0) is 0 Å². The highest BCUT2D eigenvalue weighted by atomic mass is 15.6. The number of anilines is 1. The van der Waals surface area contributed by atoms with Crippen molar-refractivity contribution in [1.29, 1.82) is 0 Å². The van der Waals surface area contributed by atoms with Crippen LogP contribution in [0.3, 0.4) is 0 Å². The minimum Gasteiger partial charge on any atom is -0.368 e. The predicted octanol–water partition coefficient (Wildman–Crippen LogP) is 0.696. The molecular formula is C11H19N7. The van der Waals surface area contributed by atoms with Gasteiger partial charge < -0.3 is 11.1 Å². The standard InChI is InChI=1S/C11H19N7/c1-3-11(4-2,7-12)8-13-9-5-6-10-14-16-17-18(10)15-9/h5-6H,3-4,7-8,12H2,1-2H3,(H,13,15). The van der Waals surface area contributed by atoms with Crippen LogP contribution in [0, 0.1) is 5.41 Å². The van der Waals surface area contributed by atoms with Crippen molar-refractivity contribution >= 4 is 11.5 Å². The van der Waals surface area contributed by atoms with Crippen LogP contribution in [0.2, 0.25) is 0 Å². The molecule has 0 saturated carbocycles. The Morgan fingerprint density at radius 1 is 1.33 bits per heavy atom. The largest absolute Gasteiger partial charge is 0.368 e. The Labute approximate surface area is 106 Å². The van der Waals surface area contributed by atoms with Crippen molar-refractivity contribution in [3.05, 3.63) is 12.1 Å². The monoisotopic (exact) mass is 249 g/mol. The van der Waals surface area contributed by atoms with Crippen LogP contribution in [0.25, 0.3) is 5.65 Å². The second-order valence-corrected chi connectivity index (χ2v) is 4.51. The maximum Gasteiger partial charge on any atom is 0.200 e. The van der Waals surface area contributed by atoms with E-state index in [0.29, 0.717) is 12.2 Å². The molecule has 0 saturated heterocycles. The SMILES string of the molecule is CCC(CC)(CN)CNc1ccc2nnnn2n1. The van der Waals surface area contributed by atoms with E-state index in [-0.39, 0.29) is 5.41 Å². The van der Waals surface area contributed by atoms with E-state index in [2.05, 4.69) is 39.8 Å². The lowest BCUT2D eigenvalue weighted by Gasteiger charge is -2.30. The molecule has 2 heterocycles. The Bertz CT molecular complexity index is 495. The Hall–Kier alpha value is -1.76. The number of hydrogen-bond acceptors (Lipinski definition) is 6. The fourth-order valence-electron chi connectivity index (χ4n) is 1.88. The Morgan fingerprint density at radius 2 is 2.11 bits per heavy atom. The first-order chi connectivity index (χ1) is 8.73. The van der Waals surface area contributed by atoms with Gasteiger partial charge in [0.05, 0.1) is 0 Å². The van der Waals surface area contributed by atoms with E-state index < -0.39 is 0 Å². The molecule has 2 aromatic rings. The summed E-state index contributed by atoms with van der Waals surface area (Å²) in [6.45, 7) is 5.79. The normalized spacial score (nSPS) is 11.9. The Balaban J connectivity index is 2.09. The summed E-state index contributed by atoms with van der Waals surface area (Å²) in [5.74, 6) is 0.759. The molecule has 3 N–H and O–H groups in total. The smallest absolute Gasteiger partial charge is 0.200 e. The second kappa shape index (κ2) is 5.26. The van der Waals surface area contributed by atoms with Gasteiger partial charge in [0.2, 0.25) is 0 Å². The van der Waals surface area contributed by atoms with Crippen molar-refractivity contribution in [3.8, 4) is 0 Å². The summed E-state index contributed by atoms with van der Waals surface area (Å²) in [5, 5.41) is 18.7. The molecule has 0 unspecified atom stereocenters. The predicted molar refractivity (Wildman–Crippen MR) is 69.1 cm³/mol. The average molecular weight is 249 g/mol. The number of fused-ring (bicyclic) bond motifs is 1. The minimum atomic E-state index is 0.122. The molecule has 0 bridgehead atoms. The fraction of sp³-hybridized carbons (Fsp3) is 0.636. The van der Waals surface area contributed by atoms with Crippen LogP contribution < -0.4 is 11.1 Å². The zero-order valence-corrected chi connectivity index (χ0v) is 10.8. The number of aromatic nitrogens is 5. The van der Waals surface area contributed by atoms with Crippen LogP contribution in [0.4, 0.5) is 5.82 Å². The van der Waals surface area contributed by atoms with Crippen molar-refractivity contribution in [1.82, 2.24) is 25.3 Å². The summed E-state index contributed by atoms with van der Waals surface area (Å²) in [4.78, 5) is 0.